The molecule has 5 fully saturated rings. The minimum atomic E-state index is -0.658. The summed E-state index contributed by atoms with van der Waals surface area (Å²) in [7, 11) is 0. The van der Waals surface area contributed by atoms with Gasteiger partial charge in [-0.1, -0.05) is 60.1 Å². The number of pyridine rings is 1. The lowest BCUT2D eigenvalue weighted by molar-refractivity contribution is -0.254. The van der Waals surface area contributed by atoms with Crippen molar-refractivity contribution in [3.8, 4) is 11.4 Å². The summed E-state index contributed by atoms with van der Waals surface area (Å²) in [6.07, 6.45) is 14.0. The second-order valence-electron chi connectivity index (χ2n) is 20.0. The molecule has 10 heteroatoms. The Hall–Kier alpha value is -2.69. The third kappa shape index (κ3) is 5.23. The number of halogens is 1. The Kier molecular flexibility index (Phi) is 8.72. The molecule has 0 radical (unpaired) electrons. The summed E-state index contributed by atoms with van der Waals surface area (Å²) in [5.74, 6) is 0.453. The van der Waals surface area contributed by atoms with Gasteiger partial charge in [-0.2, -0.15) is 5.10 Å². The van der Waals surface area contributed by atoms with Crippen molar-refractivity contribution in [2.24, 2.45) is 68.3 Å². The van der Waals surface area contributed by atoms with Crippen molar-refractivity contribution in [2.75, 3.05) is 19.8 Å². The maximum absolute atomic E-state index is 15.4. The summed E-state index contributed by atoms with van der Waals surface area (Å²) in [4.78, 5) is 22.3. The summed E-state index contributed by atoms with van der Waals surface area (Å²) >= 11 is 0. The van der Waals surface area contributed by atoms with Crippen LogP contribution in [0.3, 0.4) is 0 Å². The van der Waals surface area contributed by atoms with E-state index in [-0.39, 0.29) is 40.2 Å². The van der Waals surface area contributed by atoms with Crippen molar-refractivity contribution in [1.82, 2.24) is 19.7 Å². The highest BCUT2D eigenvalue weighted by atomic mass is 19.1. The van der Waals surface area contributed by atoms with Gasteiger partial charge in [0, 0.05) is 17.2 Å². The van der Waals surface area contributed by atoms with Crippen LogP contribution in [0.25, 0.3) is 11.4 Å². The quantitative estimate of drug-likeness (QED) is 0.248. The molecule has 8 rings (SSSR count). The Labute approximate surface area is 315 Å². The summed E-state index contributed by atoms with van der Waals surface area (Å²) in [5.41, 5.74) is 6.62. The molecule has 12 atom stereocenters. The molecule has 3 N–H and O–H groups in total. The lowest BCUT2D eigenvalue weighted by atomic mass is 9.34. The van der Waals surface area contributed by atoms with Crippen molar-refractivity contribution in [1.29, 1.82) is 0 Å². The number of rotatable bonds is 9. The Morgan fingerprint density at radius 2 is 1.89 bits per heavy atom. The topological polar surface area (TPSA) is 125 Å². The standard InChI is InChI=1S/C43H62FN5O4/c1-25(2)26(3)39(5)16-17-40(6)29-11-12-33-38(4)19-32(49-36(47-24-48-49)28-14-18-46-20-31(28)44)35(53-22-42(8,45)27-9-10-27)43(33,23-52-21-38)30(29)13-15-41(40,7)34(39)37(50)51/h13-14,18,20,24-27,29,32-35H,9-12,15-17,19,21-23,45H2,1-8H3,(H,50,51)/t26-,29+,32-,33-,34-,35+,38-,39-,40-,41+,42+,43+/m1/s1. The van der Waals surface area contributed by atoms with Gasteiger partial charge in [0.25, 0.3) is 0 Å². The number of carboxylic acid groups (broad SMARTS) is 1. The van der Waals surface area contributed by atoms with Gasteiger partial charge in [0.1, 0.15) is 6.33 Å². The van der Waals surface area contributed by atoms with Crippen LogP contribution in [0.2, 0.25) is 0 Å². The highest BCUT2D eigenvalue weighted by Gasteiger charge is 2.73. The molecule has 0 amide bonds. The van der Waals surface area contributed by atoms with Gasteiger partial charge < -0.3 is 20.3 Å². The molecule has 2 aromatic rings. The fraction of sp³-hybridized carbons (Fsp3) is 0.767. The van der Waals surface area contributed by atoms with Crippen LogP contribution in [-0.4, -0.2) is 62.3 Å². The van der Waals surface area contributed by atoms with Crippen LogP contribution in [0.1, 0.15) is 113 Å². The molecule has 9 nitrogen and oxygen atoms in total. The van der Waals surface area contributed by atoms with E-state index >= 15 is 4.39 Å². The molecule has 6 aliphatic rings. The molecular weight excluding hydrogens is 670 g/mol. The van der Waals surface area contributed by atoms with Gasteiger partial charge in [-0.3, -0.25) is 9.78 Å². The fourth-order valence-electron chi connectivity index (χ4n) is 13.5. The summed E-state index contributed by atoms with van der Waals surface area (Å²) in [5, 5.41) is 16.0. The molecule has 290 valence electrons. The largest absolute Gasteiger partial charge is 0.481 e. The van der Waals surface area contributed by atoms with Crippen molar-refractivity contribution < 1.29 is 23.8 Å². The summed E-state index contributed by atoms with van der Waals surface area (Å²) < 4.78 is 31.4. The average molecular weight is 732 g/mol. The lowest BCUT2D eigenvalue weighted by Crippen LogP contribution is -2.70. The van der Waals surface area contributed by atoms with E-state index < -0.39 is 34.1 Å². The number of allylic oxidation sites excluding steroid dienone is 1. The Balaban J connectivity index is 1.29. The van der Waals surface area contributed by atoms with E-state index in [9.17, 15) is 9.90 Å². The maximum Gasteiger partial charge on any atom is 0.307 e. The van der Waals surface area contributed by atoms with E-state index in [0.717, 1.165) is 44.9 Å². The van der Waals surface area contributed by atoms with Gasteiger partial charge in [0.15, 0.2) is 11.6 Å². The van der Waals surface area contributed by atoms with Gasteiger partial charge >= 0.3 is 5.97 Å². The normalized spacial score (nSPS) is 42.5. The van der Waals surface area contributed by atoms with Crippen LogP contribution in [0.15, 0.2) is 36.4 Å². The van der Waals surface area contributed by atoms with Gasteiger partial charge in [-0.05, 0) is 116 Å². The number of carbonyl (C=O) groups is 1. The lowest BCUT2D eigenvalue weighted by Gasteiger charge is -2.71. The molecule has 4 saturated carbocycles. The van der Waals surface area contributed by atoms with Gasteiger partial charge in [-0.15, -0.1) is 0 Å². The summed E-state index contributed by atoms with van der Waals surface area (Å²) in [6, 6.07) is 1.41. The highest BCUT2D eigenvalue weighted by Crippen LogP contribution is 2.75. The predicted molar refractivity (Wildman–Crippen MR) is 201 cm³/mol. The zero-order valence-corrected chi connectivity index (χ0v) is 33.2. The van der Waals surface area contributed by atoms with Crippen LogP contribution in [-0.2, 0) is 14.3 Å². The van der Waals surface area contributed by atoms with Crippen molar-refractivity contribution in [3.63, 3.8) is 0 Å². The first-order chi connectivity index (χ1) is 24.9. The van der Waals surface area contributed by atoms with Gasteiger partial charge in [0.05, 0.1) is 49.6 Å². The van der Waals surface area contributed by atoms with Crippen LogP contribution in [0.4, 0.5) is 4.39 Å². The van der Waals surface area contributed by atoms with Crippen LogP contribution >= 0.6 is 0 Å². The molecule has 2 bridgehead atoms. The van der Waals surface area contributed by atoms with E-state index in [1.54, 1.807) is 12.3 Å². The molecular formula is C43H62FN5O4. The first-order valence-electron chi connectivity index (χ1n) is 20.4. The highest BCUT2D eigenvalue weighted by molar-refractivity contribution is 5.73. The molecule has 2 aromatic heterocycles. The zero-order valence-electron chi connectivity index (χ0n) is 33.2. The predicted octanol–water partition coefficient (Wildman–Crippen LogP) is 8.12. The van der Waals surface area contributed by atoms with Gasteiger partial charge in [-0.25, -0.2) is 14.1 Å². The number of nitrogens with two attached hydrogens (primary N) is 1. The minimum Gasteiger partial charge on any atom is -0.481 e. The number of carboxylic acids is 1. The van der Waals surface area contributed by atoms with Crippen LogP contribution in [0.5, 0.6) is 0 Å². The average Bonchev–Trinajstić information content (AvgIpc) is 3.86. The van der Waals surface area contributed by atoms with E-state index in [2.05, 4.69) is 71.4 Å². The zero-order chi connectivity index (χ0) is 37.9. The number of aliphatic carboxylic acids is 1. The van der Waals surface area contributed by atoms with E-state index in [1.807, 2.05) is 4.68 Å². The van der Waals surface area contributed by atoms with Crippen molar-refractivity contribution >= 4 is 5.97 Å². The number of fused-ring (bicyclic) bond motifs is 3. The second-order valence-corrected chi connectivity index (χ2v) is 20.0. The number of hydrogen-bond donors (Lipinski definition) is 2. The molecule has 0 unspecified atom stereocenters. The molecule has 0 spiro atoms. The van der Waals surface area contributed by atoms with E-state index in [1.165, 1.54) is 18.1 Å². The third-order valence-electron chi connectivity index (χ3n) is 17.0. The summed E-state index contributed by atoms with van der Waals surface area (Å²) in [6.45, 7) is 19.8. The Morgan fingerprint density at radius 3 is 2.57 bits per heavy atom. The van der Waals surface area contributed by atoms with Crippen molar-refractivity contribution in [2.45, 2.75) is 124 Å². The van der Waals surface area contributed by atoms with E-state index in [0.29, 0.717) is 55.4 Å². The molecule has 1 saturated heterocycles. The Morgan fingerprint density at radius 1 is 1.13 bits per heavy atom. The SMILES string of the molecule is CC(C)[C@@H](C)[C@@]1(C)CC[C@]2(C)[C@H]3CC[C@@H]4[C@@]5(C)COC[C@@]4(C3=CC[C@@]2(C)[C@@H]1C(=O)O)[C@@H](OC[C@](C)(N)C1CC1)[C@H](n1ncnc1-c1ccncc1F)C5. The van der Waals surface area contributed by atoms with Crippen LogP contribution in [0, 0.1) is 68.4 Å². The third-order valence-corrected chi connectivity index (χ3v) is 17.0. The molecule has 3 heterocycles. The molecule has 53 heavy (non-hydrogen) atoms. The number of nitrogens with zero attached hydrogens (tertiary/aromatic N) is 4. The fourth-order valence-corrected chi connectivity index (χ4v) is 13.5. The first-order valence-corrected chi connectivity index (χ1v) is 20.4. The second kappa shape index (κ2) is 12.4. The monoisotopic (exact) mass is 731 g/mol. The first kappa shape index (κ1) is 37.2. The van der Waals surface area contributed by atoms with E-state index in [4.69, 9.17) is 20.3 Å². The number of aromatic nitrogens is 4. The molecule has 0 aromatic carbocycles. The minimum absolute atomic E-state index is 0.176. The van der Waals surface area contributed by atoms with Crippen LogP contribution < -0.4 is 5.73 Å². The van der Waals surface area contributed by atoms with Gasteiger partial charge in [0.2, 0.25) is 0 Å². The van der Waals surface area contributed by atoms with Crippen molar-refractivity contribution in [3.05, 3.63) is 42.3 Å². The molecule has 1 aliphatic heterocycles. The number of hydrogen-bond acceptors (Lipinski definition) is 7. The smallest absolute Gasteiger partial charge is 0.307 e. The molecule has 5 aliphatic carbocycles. The Bertz CT molecular complexity index is 1790. The number of ether oxygens (including phenoxy) is 2. The maximum atomic E-state index is 15.4.